The second kappa shape index (κ2) is 8.08. The Morgan fingerprint density at radius 3 is 2.55 bits per heavy atom. The molecule has 1 amide bonds. The van der Waals surface area contributed by atoms with E-state index in [1.165, 1.54) is 11.8 Å². The zero-order valence-electron chi connectivity index (χ0n) is 16.4. The highest BCUT2D eigenvalue weighted by Gasteiger charge is 2.38. The molecule has 0 spiro atoms. The summed E-state index contributed by atoms with van der Waals surface area (Å²) in [7, 11) is 0. The summed E-state index contributed by atoms with van der Waals surface area (Å²) in [6, 6.07) is 9.99. The number of anilines is 1. The molecule has 162 valence electrons. The lowest BCUT2D eigenvalue weighted by atomic mass is 10.0. The molecule has 1 aliphatic heterocycles. The van der Waals surface area contributed by atoms with Gasteiger partial charge in [0.25, 0.3) is 0 Å². The molecule has 1 aliphatic rings. The normalized spacial score (nSPS) is 18.3. The Bertz CT molecular complexity index is 1130. The van der Waals surface area contributed by atoms with E-state index in [9.17, 15) is 18.0 Å². The number of hydrogen-bond donors (Lipinski definition) is 2. The van der Waals surface area contributed by atoms with E-state index in [0.29, 0.717) is 11.0 Å². The van der Waals surface area contributed by atoms with Crippen LogP contribution in [0.2, 0.25) is 5.02 Å². The molecule has 1 aromatic heterocycles. The zero-order valence-corrected chi connectivity index (χ0v) is 17.9. The summed E-state index contributed by atoms with van der Waals surface area (Å²) in [6.07, 6.45) is -4.55. The summed E-state index contributed by atoms with van der Waals surface area (Å²) in [6.45, 7) is 3.73. The summed E-state index contributed by atoms with van der Waals surface area (Å²) in [5, 5.41) is 10.4. The number of carbonyl (C=O) groups is 1. The van der Waals surface area contributed by atoms with Crippen molar-refractivity contribution < 1.29 is 18.0 Å². The van der Waals surface area contributed by atoms with Crippen molar-refractivity contribution in [1.82, 2.24) is 14.9 Å². The topological polar surface area (TPSA) is 71.8 Å². The van der Waals surface area contributed by atoms with E-state index in [1.54, 1.807) is 11.6 Å². The maximum atomic E-state index is 13.2. The molecule has 0 bridgehead atoms. The van der Waals surface area contributed by atoms with Gasteiger partial charge in [0, 0.05) is 0 Å². The summed E-state index contributed by atoms with van der Waals surface area (Å²) in [5.41, 5.74) is 4.15. The molecule has 4 rings (SSSR count). The van der Waals surface area contributed by atoms with Crippen molar-refractivity contribution in [2.75, 3.05) is 10.7 Å². The van der Waals surface area contributed by atoms with Crippen LogP contribution in [-0.2, 0) is 11.0 Å². The van der Waals surface area contributed by atoms with E-state index in [-0.39, 0.29) is 10.7 Å². The van der Waals surface area contributed by atoms with Crippen molar-refractivity contribution in [3.8, 4) is 0 Å². The Morgan fingerprint density at radius 1 is 1.16 bits per heavy atom. The molecule has 3 aromatic rings. The SMILES string of the molecule is Cc1ccc(C2Nn3c(C)nnc3SC2C(=O)Nc2cc(C(F)(F)F)ccc2Cl)cc1. The summed E-state index contributed by atoms with van der Waals surface area (Å²) >= 11 is 7.23. The fourth-order valence-electron chi connectivity index (χ4n) is 3.19. The number of fused-ring (bicyclic) bond motifs is 1. The first-order chi connectivity index (χ1) is 14.6. The van der Waals surface area contributed by atoms with Crippen molar-refractivity contribution in [3.05, 3.63) is 70.0 Å². The fourth-order valence-corrected chi connectivity index (χ4v) is 4.48. The third-order valence-corrected chi connectivity index (χ3v) is 6.39. The maximum Gasteiger partial charge on any atom is 0.416 e. The highest BCUT2D eigenvalue weighted by Crippen LogP contribution is 2.39. The summed E-state index contributed by atoms with van der Waals surface area (Å²) < 4.78 is 41.0. The Morgan fingerprint density at radius 2 is 1.87 bits per heavy atom. The van der Waals surface area contributed by atoms with Crippen LogP contribution in [0.15, 0.2) is 47.6 Å². The molecule has 0 fully saturated rings. The van der Waals surface area contributed by atoms with Crippen LogP contribution in [0.5, 0.6) is 0 Å². The fraction of sp³-hybridized carbons (Fsp3) is 0.250. The van der Waals surface area contributed by atoms with Crippen molar-refractivity contribution in [2.24, 2.45) is 0 Å². The van der Waals surface area contributed by atoms with Crippen molar-refractivity contribution in [2.45, 2.75) is 36.5 Å². The summed E-state index contributed by atoms with van der Waals surface area (Å²) in [5.74, 6) is 0.121. The average molecular weight is 468 g/mol. The highest BCUT2D eigenvalue weighted by atomic mass is 35.5. The van der Waals surface area contributed by atoms with Crippen LogP contribution in [0, 0.1) is 13.8 Å². The van der Waals surface area contributed by atoms with Gasteiger partial charge in [0.1, 0.15) is 11.1 Å². The van der Waals surface area contributed by atoms with Gasteiger partial charge in [0.2, 0.25) is 11.1 Å². The zero-order chi connectivity index (χ0) is 22.3. The van der Waals surface area contributed by atoms with Gasteiger partial charge < -0.3 is 10.7 Å². The number of aromatic nitrogens is 3. The van der Waals surface area contributed by atoms with E-state index < -0.39 is 28.9 Å². The first kappa shape index (κ1) is 21.5. The minimum atomic E-state index is -4.55. The number of nitrogens with zero attached hydrogens (tertiary/aromatic N) is 3. The lowest BCUT2D eigenvalue weighted by molar-refractivity contribution is -0.137. The molecule has 2 unspecified atom stereocenters. The van der Waals surface area contributed by atoms with E-state index in [2.05, 4.69) is 20.9 Å². The number of hydrogen-bond acceptors (Lipinski definition) is 5. The first-order valence-corrected chi connectivity index (χ1v) is 10.5. The second-order valence-corrected chi connectivity index (χ2v) is 8.62. The molecule has 0 aliphatic carbocycles. The maximum absolute atomic E-state index is 13.2. The number of nitrogens with one attached hydrogen (secondary N) is 2. The van der Waals surface area contributed by atoms with Crippen molar-refractivity contribution in [1.29, 1.82) is 0 Å². The monoisotopic (exact) mass is 467 g/mol. The van der Waals surface area contributed by atoms with Crippen LogP contribution in [0.3, 0.4) is 0 Å². The Balaban J connectivity index is 1.67. The number of alkyl halides is 3. The molecule has 31 heavy (non-hydrogen) atoms. The van der Waals surface area contributed by atoms with Crippen LogP contribution < -0.4 is 10.7 Å². The molecule has 0 saturated carbocycles. The van der Waals surface area contributed by atoms with Gasteiger partial charge in [-0.25, -0.2) is 4.68 Å². The molecule has 2 aromatic carbocycles. The number of benzene rings is 2. The van der Waals surface area contributed by atoms with E-state index in [1.807, 2.05) is 31.2 Å². The molecule has 11 heteroatoms. The molecule has 0 saturated heterocycles. The van der Waals surface area contributed by atoms with Gasteiger partial charge >= 0.3 is 6.18 Å². The van der Waals surface area contributed by atoms with E-state index in [0.717, 1.165) is 29.3 Å². The lowest BCUT2D eigenvalue weighted by Crippen LogP contribution is -2.41. The Kier molecular flexibility index (Phi) is 5.61. The first-order valence-electron chi connectivity index (χ1n) is 9.23. The third-order valence-electron chi connectivity index (χ3n) is 4.84. The number of halogens is 4. The van der Waals surface area contributed by atoms with Gasteiger partial charge in [-0.3, -0.25) is 4.79 Å². The van der Waals surface area contributed by atoms with E-state index in [4.69, 9.17) is 11.6 Å². The van der Waals surface area contributed by atoms with E-state index >= 15 is 0 Å². The minimum absolute atomic E-state index is 0.0148. The molecule has 6 nitrogen and oxygen atoms in total. The predicted octanol–water partition coefficient (Wildman–Crippen LogP) is 4.96. The molecular weight excluding hydrogens is 451 g/mol. The van der Waals surface area contributed by atoms with Crippen molar-refractivity contribution in [3.63, 3.8) is 0 Å². The smallest absolute Gasteiger partial charge is 0.324 e. The number of carbonyl (C=O) groups excluding carboxylic acids is 1. The van der Waals surface area contributed by atoms with Gasteiger partial charge in [-0.15, -0.1) is 10.2 Å². The van der Waals surface area contributed by atoms with Crippen LogP contribution in [-0.4, -0.2) is 26.0 Å². The largest absolute Gasteiger partial charge is 0.416 e. The van der Waals surface area contributed by atoms with Gasteiger partial charge in [-0.1, -0.05) is 53.2 Å². The average Bonchev–Trinajstić information content (AvgIpc) is 3.08. The van der Waals surface area contributed by atoms with Crippen molar-refractivity contribution >= 4 is 35.0 Å². The van der Waals surface area contributed by atoms with Gasteiger partial charge in [-0.05, 0) is 37.6 Å². The number of aryl methyl sites for hydroxylation is 2. The van der Waals surface area contributed by atoms with Crippen LogP contribution in [0.4, 0.5) is 18.9 Å². The molecule has 2 heterocycles. The Hall–Kier alpha value is -2.72. The third kappa shape index (κ3) is 4.35. The predicted molar refractivity (Wildman–Crippen MR) is 113 cm³/mol. The lowest BCUT2D eigenvalue weighted by Gasteiger charge is -2.33. The number of thioether (sulfide) groups is 1. The van der Waals surface area contributed by atoms with Crippen LogP contribution in [0.25, 0.3) is 0 Å². The quantitative estimate of drug-likeness (QED) is 0.569. The van der Waals surface area contributed by atoms with Crippen LogP contribution >= 0.6 is 23.4 Å². The second-order valence-electron chi connectivity index (χ2n) is 7.10. The molecule has 0 radical (unpaired) electrons. The van der Waals surface area contributed by atoms with Gasteiger partial charge in [-0.2, -0.15) is 13.2 Å². The standard InChI is InChI=1S/C20H17ClF3N5OS/c1-10-3-5-12(6-4-10)16-17(31-19-27-26-11(2)29(19)28-16)18(30)25-15-9-13(20(22,23)24)7-8-14(15)21/h3-9,16-17,28H,1-2H3,(H,25,30). The van der Waals surface area contributed by atoms with Gasteiger partial charge in [0.15, 0.2) is 0 Å². The molecule has 2 N–H and O–H groups in total. The minimum Gasteiger partial charge on any atom is -0.324 e. The Labute approximate surface area is 185 Å². The molecule has 2 atom stereocenters. The molecular formula is C20H17ClF3N5OS. The number of amides is 1. The number of rotatable bonds is 3. The highest BCUT2D eigenvalue weighted by molar-refractivity contribution is 8.00. The van der Waals surface area contributed by atoms with Gasteiger partial charge in [0.05, 0.1) is 22.3 Å². The van der Waals surface area contributed by atoms with Crippen LogP contribution in [0.1, 0.15) is 28.6 Å². The summed E-state index contributed by atoms with van der Waals surface area (Å²) in [4.78, 5) is 13.2.